The topological polar surface area (TPSA) is 59.4 Å². The van der Waals surface area contributed by atoms with Gasteiger partial charge in [-0.15, -0.1) is 0 Å². The van der Waals surface area contributed by atoms with Gasteiger partial charge < -0.3 is 10.1 Å². The van der Waals surface area contributed by atoms with Crippen molar-refractivity contribution in [1.82, 2.24) is 20.0 Å². The molecule has 0 bridgehead atoms. The second kappa shape index (κ2) is 10.0. The molecule has 8 heteroatoms. The van der Waals surface area contributed by atoms with Crippen LogP contribution in [-0.2, 0) is 4.74 Å². The summed E-state index contributed by atoms with van der Waals surface area (Å²) < 4.78 is 21.2. The number of nitrogens with one attached hydrogen (secondary N) is 1. The Balaban J connectivity index is 1.52. The number of carbonyl (C=O) groups excluding carboxylic acids is 1. The quantitative estimate of drug-likeness (QED) is 0.566. The lowest BCUT2D eigenvalue weighted by atomic mass is 10.1. The van der Waals surface area contributed by atoms with E-state index < -0.39 is 0 Å². The third-order valence-corrected chi connectivity index (χ3v) is 5.46. The number of hydrogen-bond acceptors (Lipinski definition) is 4. The molecule has 1 saturated heterocycles. The summed E-state index contributed by atoms with van der Waals surface area (Å²) in [6.07, 6.45) is 0.834. The van der Waals surface area contributed by atoms with Crippen molar-refractivity contribution < 1.29 is 13.9 Å². The Morgan fingerprint density at radius 3 is 2.61 bits per heavy atom. The molecule has 2 heterocycles. The van der Waals surface area contributed by atoms with Gasteiger partial charge in [0, 0.05) is 30.2 Å². The van der Waals surface area contributed by atoms with Gasteiger partial charge in [0.2, 0.25) is 0 Å². The van der Waals surface area contributed by atoms with Gasteiger partial charge in [0.15, 0.2) is 0 Å². The van der Waals surface area contributed by atoms with Crippen molar-refractivity contribution in [2.75, 3.05) is 39.4 Å². The molecule has 1 aliphatic heterocycles. The number of ether oxygens (including phenoxy) is 1. The van der Waals surface area contributed by atoms with E-state index in [1.54, 1.807) is 48.5 Å². The van der Waals surface area contributed by atoms with E-state index in [1.165, 1.54) is 10.7 Å². The van der Waals surface area contributed by atoms with E-state index in [2.05, 4.69) is 15.3 Å². The lowest BCUT2D eigenvalue weighted by Gasteiger charge is -2.26. The predicted molar refractivity (Wildman–Crippen MR) is 118 cm³/mol. The first kappa shape index (κ1) is 21.5. The SMILES string of the molecule is O=C(NCCCN1CCOCC1)c1cc(-c2ccccc2F)nn1-c1ccc(Cl)cc1. The summed E-state index contributed by atoms with van der Waals surface area (Å²) in [5.74, 6) is -0.646. The van der Waals surface area contributed by atoms with Gasteiger partial charge in [-0.25, -0.2) is 9.07 Å². The molecule has 6 nitrogen and oxygen atoms in total. The molecule has 3 aromatic rings. The fourth-order valence-corrected chi connectivity index (χ4v) is 3.67. The average Bonchev–Trinajstić information content (AvgIpc) is 3.23. The normalized spacial score (nSPS) is 14.5. The van der Waals surface area contributed by atoms with E-state index >= 15 is 0 Å². The molecule has 1 N–H and O–H groups in total. The highest BCUT2D eigenvalue weighted by Crippen LogP contribution is 2.24. The minimum atomic E-state index is -0.388. The monoisotopic (exact) mass is 442 g/mol. The lowest BCUT2D eigenvalue weighted by Crippen LogP contribution is -2.38. The average molecular weight is 443 g/mol. The molecule has 2 aromatic carbocycles. The van der Waals surface area contributed by atoms with Gasteiger partial charge >= 0.3 is 0 Å². The van der Waals surface area contributed by atoms with E-state index in [-0.39, 0.29) is 11.7 Å². The van der Waals surface area contributed by atoms with Crippen LogP contribution in [0.15, 0.2) is 54.6 Å². The maximum absolute atomic E-state index is 14.3. The number of halogens is 2. The Morgan fingerprint density at radius 1 is 1.13 bits per heavy atom. The first-order valence-corrected chi connectivity index (χ1v) is 10.7. The smallest absolute Gasteiger partial charge is 0.270 e. The van der Waals surface area contributed by atoms with Gasteiger partial charge in [-0.2, -0.15) is 5.10 Å². The molecule has 162 valence electrons. The van der Waals surface area contributed by atoms with Crippen LogP contribution in [0.4, 0.5) is 4.39 Å². The molecule has 4 rings (SSSR count). The Labute approximate surface area is 185 Å². The highest BCUT2D eigenvalue weighted by Gasteiger charge is 2.19. The summed E-state index contributed by atoms with van der Waals surface area (Å²) in [5, 5.41) is 8.06. The summed E-state index contributed by atoms with van der Waals surface area (Å²) in [6, 6.07) is 15.0. The lowest BCUT2D eigenvalue weighted by molar-refractivity contribution is 0.0374. The molecule has 1 fully saturated rings. The zero-order chi connectivity index (χ0) is 21.6. The molecule has 1 aliphatic rings. The van der Waals surface area contributed by atoms with Gasteiger partial charge in [-0.3, -0.25) is 9.69 Å². The van der Waals surface area contributed by atoms with Gasteiger partial charge in [-0.05, 0) is 55.4 Å². The number of morpholine rings is 1. The van der Waals surface area contributed by atoms with E-state index in [0.29, 0.717) is 34.2 Å². The van der Waals surface area contributed by atoms with Crippen LogP contribution in [0, 0.1) is 5.82 Å². The highest BCUT2D eigenvalue weighted by atomic mass is 35.5. The second-order valence-electron chi connectivity index (χ2n) is 7.35. The Hall–Kier alpha value is -2.74. The van der Waals surface area contributed by atoms with Crippen LogP contribution >= 0.6 is 11.6 Å². The summed E-state index contributed by atoms with van der Waals surface area (Å²) >= 11 is 6.00. The molecule has 1 aromatic heterocycles. The van der Waals surface area contributed by atoms with E-state index in [4.69, 9.17) is 16.3 Å². The van der Waals surface area contributed by atoms with Gasteiger partial charge in [0.1, 0.15) is 11.5 Å². The molecule has 0 unspecified atom stereocenters. The molecule has 1 amide bonds. The van der Waals surface area contributed by atoms with Crippen LogP contribution in [0.3, 0.4) is 0 Å². The number of nitrogens with zero attached hydrogens (tertiary/aromatic N) is 3. The molecule has 0 aliphatic carbocycles. The maximum atomic E-state index is 14.3. The standard InChI is InChI=1S/C23H24ClFN4O2/c24-17-6-8-18(9-7-17)29-22(16-21(27-29)19-4-1-2-5-20(19)25)23(30)26-10-3-11-28-12-14-31-15-13-28/h1-2,4-9,16H,3,10-15H2,(H,26,30). The van der Waals surface area contributed by atoms with E-state index in [0.717, 1.165) is 39.3 Å². The largest absolute Gasteiger partial charge is 0.379 e. The zero-order valence-corrected chi connectivity index (χ0v) is 17.8. The maximum Gasteiger partial charge on any atom is 0.270 e. The van der Waals surface area contributed by atoms with E-state index in [1.807, 2.05) is 0 Å². The molecule has 0 spiro atoms. The second-order valence-corrected chi connectivity index (χ2v) is 7.78. The Morgan fingerprint density at radius 2 is 1.87 bits per heavy atom. The molecule has 0 radical (unpaired) electrons. The van der Waals surface area contributed by atoms with Crippen LogP contribution in [0.5, 0.6) is 0 Å². The summed E-state index contributed by atoms with van der Waals surface area (Å²) in [5.41, 5.74) is 1.75. The fourth-order valence-electron chi connectivity index (χ4n) is 3.54. The van der Waals surface area contributed by atoms with Gasteiger partial charge in [0.05, 0.1) is 24.6 Å². The molecule has 31 heavy (non-hydrogen) atoms. The van der Waals surface area contributed by atoms with Crippen LogP contribution in [0.25, 0.3) is 16.9 Å². The van der Waals surface area contributed by atoms with Crippen molar-refractivity contribution in [3.05, 3.63) is 71.1 Å². The van der Waals surface area contributed by atoms with Gasteiger partial charge in [0.25, 0.3) is 5.91 Å². The fraction of sp³-hybridized carbons (Fsp3) is 0.304. The van der Waals surface area contributed by atoms with Crippen molar-refractivity contribution in [1.29, 1.82) is 0 Å². The number of rotatable bonds is 7. The molecular formula is C23H24ClFN4O2. The number of carbonyl (C=O) groups is 1. The van der Waals surface area contributed by atoms with Crippen molar-refractivity contribution >= 4 is 17.5 Å². The predicted octanol–water partition coefficient (Wildman–Crippen LogP) is 3.78. The van der Waals surface area contributed by atoms with Crippen molar-refractivity contribution in [3.63, 3.8) is 0 Å². The molecule has 0 saturated carbocycles. The number of benzene rings is 2. The van der Waals surface area contributed by atoms with Crippen molar-refractivity contribution in [2.45, 2.75) is 6.42 Å². The third-order valence-electron chi connectivity index (χ3n) is 5.20. The van der Waals surface area contributed by atoms with Crippen LogP contribution in [0.1, 0.15) is 16.9 Å². The Bertz CT molecular complexity index is 1030. The minimum Gasteiger partial charge on any atom is -0.379 e. The number of amides is 1. The van der Waals surface area contributed by atoms with Crippen LogP contribution in [0.2, 0.25) is 5.02 Å². The molecular weight excluding hydrogens is 419 g/mol. The zero-order valence-electron chi connectivity index (χ0n) is 17.1. The summed E-state index contributed by atoms with van der Waals surface area (Å²) in [7, 11) is 0. The first-order valence-electron chi connectivity index (χ1n) is 10.3. The van der Waals surface area contributed by atoms with Gasteiger partial charge in [-0.1, -0.05) is 23.7 Å². The number of hydrogen-bond donors (Lipinski definition) is 1. The van der Waals surface area contributed by atoms with Crippen LogP contribution < -0.4 is 5.32 Å². The van der Waals surface area contributed by atoms with E-state index in [9.17, 15) is 9.18 Å². The summed E-state index contributed by atoms with van der Waals surface area (Å²) in [6.45, 7) is 4.79. The van der Waals surface area contributed by atoms with Crippen LogP contribution in [-0.4, -0.2) is 60.0 Å². The minimum absolute atomic E-state index is 0.257. The highest BCUT2D eigenvalue weighted by molar-refractivity contribution is 6.30. The number of aromatic nitrogens is 2. The van der Waals surface area contributed by atoms with Crippen molar-refractivity contribution in [3.8, 4) is 16.9 Å². The summed E-state index contributed by atoms with van der Waals surface area (Å²) in [4.78, 5) is 15.3. The third kappa shape index (κ3) is 5.31. The molecule has 0 atom stereocenters. The first-order chi connectivity index (χ1) is 15.1. The van der Waals surface area contributed by atoms with Crippen molar-refractivity contribution in [2.24, 2.45) is 0 Å². The Kier molecular flexibility index (Phi) is 6.96.